The Balaban J connectivity index is 1.58. The monoisotopic (exact) mass is 386 g/mol. The maximum atomic E-state index is 13.0. The van der Waals surface area contributed by atoms with Crippen LogP contribution in [-0.4, -0.2) is 44.4 Å². The van der Waals surface area contributed by atoms with Crippen molar-refractivity contribution >= 4 is 11.8 Å². The van der Waals surface area contributed by atoms with E-state index in [2.05, 4.69) is 5.10 Å². The lowest BCUT2D eigenvalue weighted by Crippen LogP contribution is -2.60. The molecule has 2 aliphatic rings. The Morgan fingerprint density at radius 3 is 2.41 bits per heavy atom. The molecule has 1 aliphatic heterocycles. The van der Waals surface area contributed by atoms with Crippen molar-refractivity contribution in [1.82, 2.24) is 14.7 Å². The molecule has 3 rings (SSSR count). The molecule has 0 unspecified atom stereocenters. The maximum Gasteiger partial charge on any atom is 0.410 e. The molecule has 1 saturated heterocycles. The molecule has 1 aliphatic carbocycles. The molecule has 0 radical (unpaired) electrons. The number of carbonyl (C=O) groups is 1. The van der Waals surface area contributed by atoms with Crippen LogP contribution in [0.15, 0.2) is 6.20 Å². The summed E-state index contributed by atoms with van der Waals surface area (Å²) in [6.07, 6.45) is 0.810. The number of hydrogen-bond acceptors (Lipinski definition) is 5. The molecule has 8 nitrogen and oxygen atoms in total. The third-order valence-corrected chi connectivity index (χ3v) is 5.24. The van der Waals surface area contributed by atoms with Crippen LogP contribution in [0.5, 0.6) is 0 Å². The number of hydrogen-bond donors (Lipinski definition) is 0. The topological polar surface area (TPSA) is 90.5 Å². The van der Waals surface area contributed by atoms with Gasteiger partial charge in [-0.25, -0.2) is 13.6 Å². The molecule has 1 amide bonds. The molecular weight excluding hydrogens is 362 g/mol. The zero-order valence-electron chi connectivity index (χ0n) is 15.7. The van der Waals surface area contributed by atoms with Gasteiger partial charge in [0.05, 0.1) is 11.0 Å². The van der Waals surface area contributed by atoms with E-state index in [1.807, 2.05) is 20.8 Å². The van der Waals surface area contributed by atoms with E-state index < -0.39 is 28.3 Å². The Kier molecular flexibility index (Phi) is 4.85. The lowest BCUT2D eigenvalue weighted by molar-refractivity contribution is -0.386. The van der Waals surface area contributed by atoms with Crippen molar-refractivity contribution < 1.29 is 23.2 Å². The average Bonchev–Trinajstić information content (AvgIpc) is 2.96. The van der Waals surface area contributed by atoms with Gasteiger partial charge < -0.3 is 9.64 Å². The molecule has 0 aromatic carbocycles. The van der Waals surface area contributed by atoms with E-state index >= 15 is 0 Å². The van der Waals surface area contributed by atoms with Gasteiger partial charge in [-0.15, -0.1) is 0 Å². The summed E-state index contributed by atoms with van der Waals surface area (Å²) < 4.78 is 32.6. The Morgan fingerprint density at radius 2 is 1.96 bits per heavy atom. The van der Waals surface area contributed by atoms with Gasteiger partial charge in [0.1, 0.15) is 11.8 Å². The first-order valence-electron chi connectivity index (χ1n) is 8.99. The van der Waals surface area contributed by atoms with Crippen molar-refractivity contribution in [3.63, 3.8) is 0 Å². The number of aromatic nitrogens is 2. The van der Waals surface area contributed by atoms with Crippen molar-refractivity contribution in [1.29, 1.82) is 0 Å². The van der Waals surface area contributed by atoms with Crippen LogP contribution in [0.25, 0.3) is 0 Å². The molecule has 10 heteroatoms. The fourth-order valence-corrected chi connectivity index (χ4v) is 3.89. The van der Waals surface area contributed by atoms with Crippen molar-refractivity contribution in [2.75, 3.05) is 13.1 Å². The molecule has 150 valence electrons. The van der Waals surface area contributed by atoms with Gasteiger partial charge in [0.15, 0.2) is 0 Å². The molecular formula is C17H24F2N4O4. The number of alkyl halides is 2. The second-order valence-corrected chi connectivity index (χ2v) is 8.50. The van der Waals surface area contributed by atoms with Crippen LogP contribution in [0.3, 0.4) is 0 Å². The van der Waals surface area contributed by atoms with Gasteiger partial charge in [0.2, 0.25) is 5.69 Å². The van der Waals surface area contributed by atoms with E-state index in [-0.39, 0.29) is 17.6 Å². The number of nitro groups is 1. The Morgan fingerprint density at radius 1 is 1.37 bits per heavy atom. The fourth-order valence-electron chi connectivity index (χ4n) is 3.89. The summed E-state index contributed by atoms with van der Waals surface area (Å²) in [6, 6.07) is -0.141. The zero-order valence-corrected chi connectivity index (χ0v) is 15.7. The minimum Gasteiger partial charge on any atom is -0.444 e. The molecule has 27 heavy (non-hydrogen) atoms. The predicted octanol–water partition coefficient (Wildman–Crippen LogP) is 4.08. The summed E-state index contributed by atoms with van der Waals surface area (Å²) in [4.78, 5) is 23.9. The summed E-state index contributed by atoms with van der Waals surface area (Å²) in [7, 11) is 0. The third kappa shape index (κ3) is 4.03. The third-order valence-electron chi connectivity index (χ3n) is 5.24. The Hall–Kier alpha value is -2.26. The zero-order chi connectivity index (χ0) is 20.0. The molecule has 1 spiro atoms. The standard InChI is InChI=1S/C17H24F2N4O4/c1-16(2,3)27-15(24)21-9-17(10-21)6-4-11(5-7-17)22-8-12(23(25)26)13(20-22)14(18)19/h8,11,14H,4-7,9-10H2,1-3H3. The highest BCUT2D eigenvalue weighted by atomic mass is 19.3. The summed E-state index contributed by atoms with van der Waals surface area (Å²) in [5.41, 5.74) is -1.92. The molecule has 1 saturated carbocycles. The smallest absolute Gasteiger partial charge is 0.410 e. The number of carbonyl (C=O) groups excluding carboxylic acids is 1. The summed E-state index contributed by atoms with van der Waals surface area (Å²) >= 11 is 0. The minimum atomic E-state index is -2.98. The van der Waals surface area contributed by atoms with E-state index in [0.29, 0.717) is 25.9 Å². The van der Waals surface area contributed by atoms with E-state index in [4.69, 9.17) is 4.74 Å². The fraction of sp³-hybridized carbons (Fsp3) is 0.765. The highest BCUT2D eigenvalue weighted by Crippen LogP contribution is 2.47. The first-order chi connectivity index (χ1) is 12.5. The van der Waals surface area contributed by atoms with E-state index in [1.54, 1.807) is 4.90 Å². The summed E-state index contributed by atoms with van der Waals surface area (Å²) in [5, 5.41) is 14.7. The molecule has 2 heterocycles. The number of halogens is 2. The van der Waals surface area contributed by atoms with Crippen LogP contribution in [0.2, 0.25) is 0 Å². The molecule has 1 aromatic rings. The van der Waals surface area contributed by atoms with Gasteiger partial charge in [0.25, 0.3) is 6.43 Å². The Labute approximate surface area is 155 Å². The largest absolute Gasteiger partial charge is 0.444 e. The van der Waals surface area contributed by atoms with Gasteiger partial charge in [-0.3, -0.25) is 14.8 Å². The first kappa shape index (κ1) is 19.5. The SMILES string of the molecule is CC(C)(C)OC(=O)N1CC2(CCC(n3cc([N+](=O)[O-])c(C(F)F)n3)CC2)C1. The summed E-state index contributed by atoms with van der Waals surface area (Å²) in [5.74, 6) is 0. The van der Waals surface area contributed by atoms with E-state index in [0.717, 1.165) is 19.0 Å². The van der Waals surface area contributed by atoms with Crippen molar-refractivity contribution in [3.05, 3.63) is 22.0 Å². The van der Waals surface area contributed by atoms with Crippen molar-refractivity contribution in [2.45, 2.75) is 64.5 Å². The van der Waals surface area contributed by atoms with Gasteiger partial charge in [-0.2, -0.15) is 5.10 Å². The normalized spacial score (nSPS) is 20.0. The highest BCUT2D eigenvalue weighted by Gasteiger charge is 2.48. The van der Waals surface area contributed by atoms with E-state index in [1.165, 1.54) is 4.68 Å². The molecule has 0 bridgehead atoms. The van der Waals surface area contributed by atoms with Crippen LogP contribution in [0, 0.1) is 15.5 Å². The van der Waals surface area contributed by atoms with E-state index in [9.17, 15) is 23.7 Å². The quantitative estimate of drug-likeness (QED) is 0.577. The highest BCUT2D eigenvalue weighted by molar-refractivity contribution is 5.69. The molecule has 0 atom stereocenters. The first-order valence-corrected chi connectivity index (χ1v) is 8.99. The molecule has 0 N–H and O–H groups in total. The van der Waals surface area contributed by atoms with Gasteiger partial charge in [-0.05, 0) is 46.5 Å². The number of nitrogens with zero attached hydrogens (tertiary/aromatic N) is 4. The number of amides is 1. The maximum absolute atomic E-state index is 13.0. The number of ether oxygens (including phenoxy) is 1. The van der Waals surface area contributed by atoms with Crippen LogP contribution in [-0.2, 0) is 4.74 Å². The second kappa shape index (κ2) is 6.72. The average molecular weight is 386 g/mol. The summed E-state index contributed by atoms with van der Waals surface area (Å²) in [6.45, 7) is 6.71. The van der Waals surface area contributed by atoms with Gasteiger partial charge in [-0.1, -0.05) is 0 Å². The lowest BCUT2D eigenvalue weighted by atomic mass is 9.67. The van der Waals surface area contributed by atoms with Crippen LogP contribution < -0.4 is 0 Å². The molecule has 1 aromatic heterocycles. The minimum absolute atomic E-state index is 0.0258. The van der Waals surface area contributed by atoms with Crippen molar-refractivity contribution in [3.8, 4) is 0 Å². The predicted molar refractivity (Wildman–Crippen MR) is 91.6 cm³/mol. The van der Waals surface area contributed by atoms with Crippen LogP contribution in [0.4, 0.5) is 19.3 Å². The van der Waals surface area contributed by atoms with Crippen LogP contribution >= 0.6 is 0 Å². The molecule has 2 fully saturated rings. The second-order valence-electron chi connectivity index (χ2n) is 8.50. The number of likely N-dealkylation sites (tertiary alicyclic amines) is 1. The lowest BCUT2D eigenvalue weighted by Gasteiger charge is -2.53. The number of rotatable bonds is 3. The Bertz CT molecular complexity index is 728. The van der Waals surface area contributed by atoms with Crippen molar-refractivity contribution in [2.24, 2.45) is 5.41 Å². The van der Waals surface area contributed by atoms with Gasteiger partial charge >= 0.3 is 11.8 Å². The van der Waals surface area contributed by atoms with Gasteiger partial charge in [0, 0.05) is 18.5 Å². The van der Waals surface area contributed by atoms with Crippen LogP contribution in [0.1, 0.15) is 64.6 Å².